The highest BCUT2D eigenvalue weighted by molar-refractivity contribution is 5.97. The van der Waals surface area contributed by atoms with Crippen LogP contribution in [0.2, 0.25) is 0 Å². The molecule has 0 spiro atoms. The molecule has 1 aliphatic heterocycles. The van der Waals surface area contributed by atoms with Crippen molar-refractivity contribution in [1.82, 2.24) is 16.1 Å². The predicted molar refractivity (Wildman–Crippen MR) is 101 cm³/mol. The highest BCUT2D eigenvalue weighted by Crippen LogP contribution is 2.09. The summed E-state index contributed by atoms with van der Waals surface area (Å²) in [6.45, 7) is 2.12. The molecular formula is C20H23N3O5. The van der Waals surface area contributed by atoms with Crippen molar-refractivity contribution in [1.29, 1.82) is 0 Å². The minimum absolute atomic E-state index is 0.00882. The molecule has 1 aromatic carbocycles. The van der Waals surface area contributed by atoms with Crippen LogP contribution in [0, 0.1) is 23.7 Å². The molecule has 2 rings (SSSR count). The first-order chi connectivity index (χ1) is 13.4. The molecule has 1 heterocycles. The molecule has 0 radical (unpaired) electrons. The van der Waals surface area contributed by atoms with Gasteiger partial charge in [0.1, 0.15) is 6.04 Å². The van der Waals surface area contributed by atoms with Crippen LogP contribution >= 0.6 is 0 Å². The maximum absolute atomic E-state index is 12.2. The molecule has 0 bridgehead atoms. The molecule has 1 aromatic rings. The Balaban J connectivity index is 1.93. The largest absolute Gasteiger partial charge is 0.391 e. The van der Waals surface area contributed by atoms with Gasteiger partial charge in [0.05, 0.1) is 12.2 Å². The van der Waals surface area contributed by atoms with Gasteiger partial charge in [0, 0.05) is 23.6 Å². The average molecular weight is 385 g/mol. The number of nitrogens with one attached hydrogen (secondary N) is 3. The lowest BCUT2D eigenvalue weighted by molar-refractivity contribution is -0.133. The van der Waals surface area contributed by atoms with E-state index in [9.17, 15) is 19.8 Å². The second kappa shape index (κ2) is 10.5. The molecule has 0 aromatic heterocycles. The van der Waals surface area contributed by atoms with Gasteiger partial charge in [-0.1, -0.05) is 11.8 Å². The Bertz CT molecular complexity index is 814. The van der Waals surface area contributed by atoms with Crippen LogP contribution in [0.3, 0.4) is 0 Å². The van der Waals surface area contributed by atoms with Crippen LogP contribution in [0.5, 0.6) is 0 Å². The summed E-state index contributed by atoms with van der Waals surface area (Å²) in [6.07, 6.45) is -0.278. The van der Waals surface area contributed by atoms with E-state index in [0.29, 0.717) is 12.0 Å². The Morgan fingerprint density at radius 2 is 2.00 bits per heavy atom. The monoisotopic (exact) mass is 385 g/mol. The Hall–Kier alpha value is -2.88. The van der Waals surface area contributed by atoms with Crippen LogP contribution in [0.4, 0.5) is 0 Å². The maximum atomic E-state index is 12.2. The SMILES string of the molecule is C[C@@H](O)[C@H](NC(=O)c1ccc(C#CC#CC[C@H]2NCC[C@@H]2O)cc1)C(=O)NO. The summed E-state index contributed by atoms with van der Waals surface area (Å²) in [7, 11) is 0. The van der Waals surface area contributed by atoms with Crippen LogP contribution < -0.4 is 16.1 Å². The van der Waals surface area contributed by atoms with E-state index in [1.807, 2.05) is 0 Å². The zero-order chi connectivity index (χ0) is 20.5. The molecule has 1 aliphatic rings. The molecule has 148 valence electrons. The van der Waals surface area contributed by atoms with Crippen molar-refractivity contribution < 1.29 is 25.0 Å². The summed E-state index contributed by atoms with van der Waals surface area (Å²) in [5.41, 5.74) is 2.33. The van der Waals surface area contributed by atoms with E-state index in [1.165, 1.54) is 24.5 Å². The Labute approximate surface area is 163 Å². The van der Waals surface area contributed by atoms with Gasteiger partial charge in [-0.3, -0.25) is 14.8 Å². The van der Waals surface area contributed by atoms with E-state index in [2.05, 4.69) is 34.3 Å². The van der Waals surface area contributed by atoms with Gasteiger partial charge >= 0.3 is 0 Å². The zero-order valence-electron chi connectivity index (χ0n) is 15.4. The van der Waals surface area contributed by atoms with E-state index >= 15 is 0 Å². The number of hydrogen-bond acceptors (Lipinski definition) is 6. The summed E-state index contributed by atoms with van der Waals surface area (Å²) < 4.78 is 0. The first-order valence-electron chi connectivity index (χ1n) is 8.85. The van der Waals surface area contributed by atoms with Crippen molar-refractivity contribution in [3.05, 3.63) is 35.4 Å². The van der Waals surface area contributed by atoms with E-state index in [4.69, 9.17) is 5.21 Å². The van der Waals surface area contributed by atoms with Crippen molar-refractivity contribution in [2.75, 3.05) is 6.54 Å². The van der Waals surface area contributed by atoms with E-state index in [1.54, 1.807) is 12.1 Å². The standard InChI is InChI=1S/C20H23N3O5/c1-13(24)18(20(27)23-28)22-19(26)15-9-7-14(8-10-15)5-3-2-4-6-16-17(25)11-12-21-16/h7-10,13,16-18,21,24-25,28H,6,11-12H2,1H3,(H,22,26)(H,23,27)/t13-,16-,17+,18+/m1/s1. The predicted octanol–water partition coefficient (Wildman–Crippen LogP) is -0.861. The molecule has 1 saturated heterocycles. The first-order valence-corrected chi connectivity index (χ1v) is 8.85. The maximum Gasteiger partial charge on any atom is 0.268 e. The van der Waals surface area contributed by atoms with Gasteiger partial charge < -0.3 is 20.8 Å². The number of hydrogen-bond donors (Lipinski definition) is 6. The second-order valence-electron chi connectivity index (χ2n) is 6.42. The van der Waals surface area contributed by atoms with Crippen LogP contribution in [0.15, 0.2) is 24.3 Å². The van der Waals surface area contributed by atoms with Gasteiger partial charge in [0.25, 0.3) is 11.8 Å². The molecule has 6 N–H and O–H groups in total. The number of hydroxylamine groups is 1. The molecule has 2 amide bonds. The molecule has 0 saturated carbocycles. The third-order valence-corrected chi connectivity index (χ3v) is 4.30. The average Bonchev–Trinajstić information content (AvgIpc) is 3.10. The fraction of sp³-hybridized carbons (Fsp3) is 0.400. The number of aliphatic hydroxyl groups excluding tert-OH is 2. The summed E-state index contributed by atoms with van der Waals surface area (Å²) in [6, 6.07) is 5.04. The zero-order valence-corrected chi connectivity index (χ0v) is 15.4. The Morgan fingerprint density at radius 1 is 1.29 bits per heavy atom. The fourth-order valence-corrected chi connectivity index (χ4v) is 2.67. The highest BCUT2D eigenvalue weighted by Gasteiger charge is 2.25. The molecule has 8 heteroatoms. The number of carbonyl (C=O) groups is 2. The van der Waals surface area contributed by atoms with Crippen LogP contribution in [-0.4, -0.2) is 58.1 Å². The summed E-state index contributed by atoms with van der Waals surface area (Å²) >= 11 is 0. The smallest absolute Gasteiger partial charge is 0.268 e. The summed E-state index contributed by atoms with van der Waals surface area (Å²) in [5, 5.41) is 33.4. The van der Waals surface area contributed by atoms with Crippen LogP contribution in [-0.2, 0) is 4.79 Å². The van der Waals surface area contributed by atoms with Crippen molar-refractivity contribution in [2.45, 2.75) is 44.1 Å². The van der Waals surface area contributed by atoms with Gasteiger partial charge in [0.15, 0.2) is 0 Å². The van der Waals surface area contributed by atoms with Gasteiger partial charge in [-0.2, -0.15) is 0 Å². The molecule has 8 nitrogen and oxygen atoms in total. The van der Waals surface area contributed by atoms with Crippen molar-refractivity contribution in [3.8, 4) is 23.7 Å². The van der Waals surface area contributed by atoms with Crippen molar-refractivity contribution in [2.24, 2.45) is 0 Å². The first kappa shape index (κ1) is 21.4. The third-order valence-electron chi connectivity index (χ3n) is 4.30. The van der Waals surface area contributed by atoms with Crippen LogP contribution in [0.1, 0.15) is 35.7 Å². The molecule has 4 atom stereocenters. The lowest BCUT2D eigenvalue weighted by Crippen LogP contribution is -2.51. The minimum atomic E-state index is -1.28. The fourth-order valence-electron chi connectivity index (χ4n) is 2.67. The van der Waals surface area contributed by atoms with E-state index in [0.717, 1.165) is 13.0 Å². The minimum Gasteiger partial charge on any atom is -0.391 e. The number of rotatable bonds is 5. The van der Waals surface area contributed by atoms with Gasteiger partial charge in [-0.15, -0.1) is 0 Å². The number of amides is 2. The molecule has 0 aliphatic carbocycles. The van der Waals surface area contributed by atoms with Crippen LogP contribution in [0.25, 0.3) is 0 Å². The lowest BCUT2D eigenvalue weighted by Gasteiger charge is -2.19. The number of carbonyl (C=O) groups excluding carboxylic acids is 2. The Morgan fingerprint density at radius 3 is 2.57 bits per heavy atom. The van der Waals surface area contributed by atoms with Gasteiger partial charge in [0.2, 0.25) is 0 Å². The van der Waals surface area contributed by atoms with Gasteiger partial charge in [-0.05, 0) is 56.0 Å². The van der Waals surface area contributed by atoms with Crippen molar-refractivity contribution >= 4 is 11.8 Å². The number of benzene rings is 1. The third kappa shape index (κ3) is 6.08. The quantitative estimate of drug-likeness (QED) is 0.222. The summed E-state index contributed by atoms with van der Waals surface area (Å²) in [5.74, 6) is 9.75. The summed E-state index contributed by atoms with van der Waals surface area (Å²) in [4.78, 5) is 23.6. The lowest BCUT2D eigenvalue weighted by atomic mass is 10.1. The van der Waals surface area contributed by atoms with E-state index in [-0.39, 0.29) is 17.7 Å². The topological polar surface area (TPSA) is 131 Å². The molecular weight excluding hydrogens is 362 g/mol. The Kier molecular flexibility index (Phi) is 8.00. The number of aliphatic hydroxyl groups is 2. The molecule has 0 unspecified atom stereocenters. The molecule has 28 heavy (non-hydrogen) atoms. The normalized spacial score (nSPS) is 20.0. The van der Waals surface area contributed by atoms with Crippen molar-refractivity contribution in [3.63, 3.8) is 0 Å². The molecule has 1 fully saturated rings. The van der Waals surface area contributed by atoms with Gasteiger partial charge in [-0.25, -0.2) is 5.48 Å². The second-order valence-corrected chi connectivity index (χ2v) is 6.42. The highest BCUT2D eigenvalue weighted by atomic mass is 16.5. The van der Waals surface area contributed by atoms with E-state index < -0.39 is 24.0 Å².